The maximum absolute atomic E-state index is 13.2. The highest BCUT2D eigenvalue weighted by atomic mass is 32.1. The number of anilines is 1. The predicted molar refractivity (Wildman–Crippen MR) is 123 cm³/mol. The van der Waals surface area contributed by atoms with Gasteiger partial charge in [0.25, 0.3) is 5.56 Å². The summed E-state index contributed by atoms with van der Waals surface area (Å²) in [5.41, 5.74) is 3.15. The Balaban J connectivity index is 1.54. The Kier molecular flexibility index (Phi) is 5.19. The van der Waals surface area contributed by atoms with Crippen molar-refractivity contribution in [3.8, 4) is 21.9 Å². The second kappa shape index (κ2) is 8.15. The van der Waals surface area contributed by atoms with Gasteiger partial charge in [0.15, 0.2) is 0 Å². The number of piperidine rings is 1. The second-order valence-corrected chi connectivity index (χ2v) is 8.71. The Bertz CT molecular complexity index is 1290. The van der Waals surface area contributed by atoms with Crippen LogP contribution >= 0.6 is 11.3 Å². The van der Waals surface area contributed by atoms with Crippen LogP contribution in [-0.4, -0.2) is 29.8 Å². The highest BCUT2D eigenvalue weighted by molar-refractivity contribution is 7.22. The lowest BCUT2D eigenvalue weighted by molar-refractivity contribution is 0.412. The summed E-state index contributed by atoms with van der Waals surface area (Å²) in [4.78, 5) is 21.0. The molecular weight excluding hydrogens is 413 g/mol. The van der Waals surface area contributed by atoms with Gasteiger partial charge in [-0.05, 0) is 55.2 Å². The van der Waals surface area contributed by atoms with Gasteiger partial charge < -0.3 is 9.64 Å². The number of nitrogens with zero attached hydrogens (tertiary/aromatic N) is 3. The Morgan fingerprint density at radius 2 is 1.81 bits per heavy atom. The highest BCUT2D eigenvalue weighted by Gasteiger charge is 2.17. The highest BCUT2D eigenvalue weighted by Crippen LogP contribution is 2.33. The molecule has 1 aliphatic heterocycles. The van der Waals surface area contributed by atoms with E-state index in [4.69, 9.17) is 4.74 Å². The van der Waals surface area contributed by atoms with Crippen molar-refractivity contribution in [2.75, 3.05) is 25.1 Å². The molecule has 5 nitrogen and oxygen atoms in total. The third-order valence-electron chi connectivity index (χ3n) is 5.70. The van der Waals surface area contributed by atoms with Crippen molar-refractivity contribution in [2.24, 2.45) is 0 Å². The van der Waals surface area contributed by atoms with Crippen LogP contribution in [0.5, 0.6) is 5.75 Å². The largest absolute Gasteiger partial charge is 0.495 e. The van der Waals surface area contributed by atoms with Crippen LogP contribution in [0, 0.1) is 5.82 Å². The monoisotopic (exact) mass is 435 g/mol. The first-order valence-corrected chi connectivity index (χ1v) is 11.2. The zero-order valence-corrected chi connectivity index (χ0v) is 18.0. The van der Waals surface area contributed by atoms with E-state index in [9.17, 15) is 9.18 Å². The minimum atomic E-state index is -0.285. The van der Waals surface area contributed by atoms with Crippen LogP contribution in [0.25, 0.3) is 26.3 Å². The molecule has 1 saturated heterocycles. The van der Waals surface area contributed by atoms with E-state index in [1.165, 1.54) is 42.7 Å². The lowest BCUT2D eigenvalue weighted by Crippen LogP contribution is -2.29. The van der Waals surface area contributed by atoms with E-state index < -0.39 is 0 Å². The molecule has 0 amide bonds. The molecule has 0 N–H and O–H groups in total. The summed E-state index contributed by atoms with van der Waals surface area (Å²) in [6.45, 7) is 2.04. The molecule has 0 atom stereocenters. The Morgan fingerprint density at radius 3 is 2.55 bits per heavy atom. The van der Waals surface area contributed by atoms with Gasteiger partial charge in [0.1, 0.15) is 22.6 Å². The number of rotatable bonds is 4. The van der Waals surface area contributed by atoms with E-state index in [2.05, 4.69) is 9.88 Å². The SMILES string of the molecule is COc1cc(-n2cnc3cc(-c4ccc(F)cc4)sc3c2=O)ccc1N1CCCCC1. The number of ether oxygens (including phenoxy) is 1. The molecule has 31 heavy (non-hydrogen) atoms. The maximum Gasteiger partial charge on any atom is 0.275 e. The van der Waals surface area contributed by atoms with Crippen LogP contribution in [0.3, 0.4) is 0 Å². The van der Waals surface area contributed by atoms with E-state index in [0.29, 0.717) is 15.9 Å². The summed E-state index contributed by atoms with van der Waals surface area (Å²) in [6.07, 6.45) is 5.18. The second-order valence-electron chi connectivity index (χ2n) is 7.66. The molecule has 4 aromatic rings. The van der Waals surface area contributed by atoms with Crippen LogP contribution in [-0.2, 0) is 0 Å². The summed E-state index contributed by atoms with van der Waals surface area (Å²) < 4.78 is 21.0. The molecule has 0 aliphatic carbocycles. The van der Waals surface area contributed by atoms with Crippen molar-refractivity contribution in [2.45, 2.75) is 19.3 Å². The Labute approximate surface area is 183 Å². The molecule has 0 bridgehead atoms. The van der Waals surface area contributed by atoms with E-state index in [-0.39, 0.29) is 11.4 Å². The third kappa shape index (κ3) is 3.70. The Morgan fingerprint density at radius 1 is 1.03 bits per heavy atom. The van der Waals surface area contributed by atoms with Crippen LogP contribution in [0.1, 0.15) is 19.3 Å². The molecule has 0 unspecified atom stereocenters. The van der Waals surface area contributed by atoms with Crippen LogP contribution in [0.4, 0.5) is 10.1 Å². The lowest BCUT2D eigenvalue weighted by Gasteiger charge is -2.30. The van der Waals surface area contributed by atoms with Gasteiger partial charge in [-0.15, -0.1) is 11.3 Å². The van der Waals surface area contributed by atoms with Crippen molar-refractivity contribution >= 4 is 27.2 Å². The molecule has 1 aliphatic rings. The fourth-order valence-corrected chi connectivity index (χ4v) is 5.11. The van der Waals surface area contributed by atoms with Gasteiger partial charge >= 0.3 is 0 Å². The summed E-state index contributed by atoms with van der Waals surface area (Å²) >= 11 is 1.37. The standard InChI is InChI=1S/C24H22FN3O2S/c1-30-21-13-18(9-10-20(21)27-11-3-2-4-12-27)28-15-26-19-14-22(31-23(19)24(28)29)16-5-7-17(25)8-6-16/h5-10,13-15H,2-4,11-12H2,1H3. The van der Waals surface area contributed by atoms with Gasteiger partial charge in [0.05, 0.1) is 24.0 Å². The van der Waals surface area contributed by atoms with Gasteiger partial charge in [0.2, 0.25) is 0 Å². The molecular formula is C24H22FN3O2S. The van der Waals surface area contributed by atoms with E-state index >= 15 is 0 Å². The molecule has 2 aromatic heterocycles. The third-order valence-corrected chi connectivity index (χ3v) is 6.87. The Hall–Kier alpha value is -3.19. The number of hydrogen-bond acceptors (Lipinski definition) is 5. The van der Waals surface area contributed by atoms with E-state index in [1.54, 1.807) is 30.1 Å². The molecule has 1 fully saturated rings. The molecule has 0 radical (unpaired) electrons. The van der Waals surface area contributed by atoms with Gasteiger partial charge in [-0.25, -0.2) is 9.37 Å². The first-order valence-electron chi connectivity index (χ1n) is 10.3. The van der Waals surface area contributed by atoms with Gasteiger partial charge in [0, 0.05) is 24.0 Å². The molecule has 3 heterocycles. The van der Waals surface area contributed by atoms with Crippen LogP contribution in [0.2, 0.25) is 0 Å². The molecule has 0 spiro atoms. The average molecular weight is 436 g/mol. The predicted octanol–water partition coefficient (Wildman–Crippen LogP) is 5.25. The average Bonchev–Trinajstić information content (AvgIpc) is 3.25. The van der Waals surface area contributed by atoms with Crippen molar-refractivity contribution in [1.29, 1.82) is 0 Å². The van der Waals surface area contributed by atoms with Gasteiger partial charge in [-0.3, -0.25) is 9.36 Å². The van der Waals surface area contributed by atoms with Crippen molar-refractivity contribution in [3.05, 3.63) is 71.0 Å². The topological polar surface area (TPSA) is 47.4 Å². The number of methoxy groups -OCH3 is 1. The van der Waals surface area contributed by atoms with Crippen molar-refractivity contribution in [1.82, 2.24) is 9.55 Å². The number of fused-ring (bicyclic) bond motifs is 1. The number of hydrogen-bond donors (Lipinski definition) is 0. The van der Waals surface area contributed by atoms with Crippen LogP contribution in [0.15, 0.2) is 59.7 Å². The molecule has 0 saturated carbocycles. The van der Waals surface area contributed by atoms with E-state index in [0.717, 1.165) is 35.0 Å². The first kappa shape index (κ1) is 19.8. The zero-order chi connectivity index (χ0) is 21.4. The minimum Gasteiger partial charge on any atom is -0.495 e. The summed E-state index contributed by atoms with van der Waals surface area (Å²) in [5, 5.41) is 0. The summed E-state index contributed by atoms with van der Waals surface area (Å²) in [5.74, 6) is 0.469. The quantitative estimate of drug-likeness (QED) is 0.439. The summed E-state index contributed by atoms with van der Waals surface area (Å²) in [7, 11) is 1.66. The zero-order valence-electron chi connectivity index (χ0n) is 17.2. The molecule has 158 valence electrons. The molecule has 7 heteroatoms. The van der Waals surface area contributed by atoms with Crippen LogP contribution < -0.4 is 15.2 Å². The van der Waals surface area contributed by atoms with E-state index in [1.807, 2.05) is 24.3 Å². The minimum absolute atomic E-state index is 0.129. The maximum atomic E-state index is 13.2. The number of benzene rings is 2. The molecule has 2 aromatic carbocycles. The normalized spacial score (nSPS) is 14.2. The smallest absolute Gasteiger partial charge is 0.275 e. The number of aromatic nitrogens is 2. The number of thiophene rings is 1. The molecule has 5 rings (SSSR count). The first-order chi connectivity index (χ1) is 15.1. The fourth-order valence-electron chi connectivity index (χ4n) is 4.06. The van der Waals surface area contributed by atoms with Crippen molar-refractivity contribution in [3.63, 3.8) is 0 Å². The van der Waals surface area contributed by atoms with Crippen molar-refractivity contribution < 1.29 is 9.13 Å². The van der Waals surface area contributed by atoms with Gasteiger partial charge in [-0.1, -0.05) is 12.1 Å². The number of halogens is 1. The van der Waals surface area contributed by atoms with Gasteiger partial charge in [-0.2, -0.15) is 0 Å². The summed E-state index contributed by atoms with van der Waals surface area (Å²) in [6, 6.07) is 14.0. The fraction of sp³-hybridized carbons (Fsp3) is 0.250. The lowest BCUT2D eigenvalue weighted by atomic mass is 10.1.